The molecule has 27 heavy (non-hydrogen) atoms. The van der Waals surface area contributed by atoms with Crippen LogP contribution in [0.5, 0.6) is 5.75 Å². The van der Waals surface area contributed by atoms with Crippen LogP contribution in [0.2, 0.25) is 10.0 Å². The molecule has 0 fully saturated rings. The lowest BCUT2D eigenvalue weighted by Gasteiger charge is -2.08. The molecule has 0 saturated heterocycles. The zero-order valence-electron chi connectivity index (χ0n) is 13.8. The minimum absolute atomic E-state index is 0.00897. The maximum Gasteiger partial charge on any atom is 0.327 e. The van der Waals surface area contributed by atoms with E-state index in [1.165, 1.54) is 6.07 Å². The van der Waals surface area contributed by atoms with Crippen molar-refractivity contribution < 1.29 is 22.7 Å². The van der Waals surface area contributed by atoms with Crippen molar-refractivity contribution in [2.24, 2.45) is 4.99 Å². The largest absolute Gasteiger partial charge is 0.488 e. The molecule has 2 aromatic carbocycles. The molecule has 7 nitrogen and oxygen atoms in total. The lowest BCUT2D eigenvalue weighted by Crippen LogP contribution is -2.23. The van der Waals surface area contributed by atoms with Gasteiger partial charge in [-0.05, 0) is 30.3 Å². The first-order valence-corrected chi connectivity index (χ1v) is 10.0. The van der Waals surface area contributed by atoms with Crippen molar-refractivity contribution in [3.8, 4) is 5.75 Å². The SMILES string of the molecule is O=C(CN=C1NS(=O)(=O)c2ccccc21)OCCOc1ccc(Cl)cc1Cl. The Bertz CT molecular complexity index is 1010. The number of sulfonamides is 1. The Morgan fingerprint density at radius 1 is 1.11 bits per heavy atom. The summed E-state index contributed by atoms with van der Waals surface area (Å²) in [7, 11) is -3.64. The molecule has 0 amide bonds. The number of nitrogens with zero attached hydrogens (tertiary/aromatic N) is 1. The topological polar surface area (TPSA) is 94.1 Å². The van der Waals surface area contributed by atoms with Crippen molar-refractivity contribution >= 4 is 45.0 Å². The average Bonchev–Trinajstić information content (AvgIpc) is 2.89. The molecule has 0 saturated carbocycles. The Hall–Kier alpha value is -2.29. The van der Waals surface area contributed by atoms with Crippen molar-refractivity contribution in [1.82, 2.24) is 4.72 Å². The number of aliphatic imine (C=N–C) groups is 1. The summed E-state index contributed by atoms with van der Waals surface area (Å²) in [5.41, 5.74) is 0.422. The highest BCUT2D eigenvalue weighted by Gasteiger charge is 2.30. The van der Waals surface area contributed by atoms with Crippen LogP contribution in [-0.2, 0) is 19.6 Å². The second kappa shape index (κ2) is 8.16. The maximum atomic E-state index is 12.0. The number of esters is 1. The van der Waals surface area contributed by atoms with Crippen molar-refractivity contribution in [3.05, 3.63) is 58.1 Å². The third-order valence-electron chi connectivity index (χ3n) is 3.53. The van der Waals surface area contributed by atoms with E-state index in [9.17, 15) is 13.2 Å². The number of amidine groups is 1. The van der Waals surface area contributed by atoms with Gasteiger partial charge < -0.3 is 9.47 Å². The molecule has 142 valence electrons. The summed E-state index contributed by atoms with van der Waals surface area (Å²) in [6.07, 6.45) is 0. The van der Waals surface area contributed by atoms with E-state index in [2.05, 4.69) is 9.71 Å². The van der Waals surface area contributed by atoms with Crippen LogP contribution < -0.4 is 9.46 Å². The second-order valence-electron chi connectivity index (χ2n) is 5.41. The van der Waals surface area contributed by atoms with E-state index in [0.29, 0.717) is 21.4 Å². The minimum Gasteiger partial charge on any atom is -0.488 e. The number of hydrogen-bond acceptors (Lipinski definition) is 6. The van der Waals surface area contributed by atoms with E-state index in [-0.39, 0.29) is 30.5 Å². The first-order valence-electron chi connectivity index (χ1n) is 7.77. The van der Waals surface area contributed by atoms with E-state index in [0.717, 1.165) is 0 Å². The molecule has 1 aliphatic heterocycles. The van der Waals surface area contributed by atoms with E-state index >= 15 is 0 Å². The molecule has 0 bridgehead atoms. The Balaban J connectivity index is 1.50. The summed E-state index contributed by atoms with van der Waals surface area (Å²) in [5, 5.41) is 0.842. The summed E-state index contributed by atoms with van der Waals surface area (Å²) in [6.45, 7) is -0.238. The number of nitrogens with one attached hydrogen (secondary N) is 1. The molecule has 1 N–H and O–H groups in total. The van der Waals surface area contributed by atoms with E-state index < -0.39 is 16.0 Å². The third kappa shape index (κ3) is 4.71. The molecule has 10 heteroatoms. The molecule has 0 aromatic heterocycles. The van der Waals surface area contributed by atoms with Crippen molar-refractivity contribution in [2.75, 3.05) is 19.8 Å². The van der Waals surface area contributed by atoms with Crippen LogP contribution in [-0.4, -0.2) is 40.0 Å². The van der Waals surface area contributed by atoms with Crippen LogP contribution >= 0.6 is 23.2 Å². The van der Waals surface area contributed by atoms with Crippen LogP contribution in [0, 0.1) is 0 Å². The lowest BCUT2D eigenvalue weighted by atomic mass is 10.2. The van der Waals surface area contributed by atoms with Gasteiger partial charge in [-0.1, -0.05) is 35.3 Å². The number of benzene rings is 2. The zero-order chi connectivity index (χ0) is 19.4. The summed E-state index contributed by atoms with van der Waals surface area (Å²) >= 11 is 11.8. The van der Waals surface area contributed by atoms with Crippen LogP contribution in [0.4, 0.5) is 0 Å². The van der Waals surface area contributed by atoms with Crippen molar-refractivity contribution in [1.29, 1.82) is 0 Å². The normalized spacial score (nSPS) is 15.9. The molecule has 0 aliphatic carbocycles. The molecule has 0 spiro atoms. The van der Waals surface area contributed by atoms with Gasteiger partial charge in [0.1, 0.15) is 31.3 Å². The summed E-state index contributed by atoms with van der Waals surface area (Å²) in [6, 6.07) is 11.2. The second-order valence-corrected chi connectivity index (χ2v) is 7.90. The molecule has 0 atom stereocenters. The fraction of sp³-hybridized carbons (Fsp3) is 0.176. The van der Waals surface area contributed by atoms with Gasteiger partial charge in [0.05, 0.1) is 9.92 Å². The highest BCUT2D eigenvalue weighted by atomic mass is 35.5. The Labute approximate surface area is 166 Å². The van der Waals surface area contributed by atoms with Gasteiger partial charge in [-0.3, -0.25) is 14.5 Å². The molecular weight excluding hydrogens is 415 g/mol. The Morgan fingerprint density at radius 2 is 1.89 bits per heavy atom. The highest BCUT2D eigenvalue weighted by molar-refractivity contribution is 7.90. The number of hydrogen-bond donors (Lipinski definition) is 1. The van der Waals surface area contributed by atoms with Gasteiger partial charge in [-0.2, -0.15) is 0 Å². The molecule has 1 aliphatic rings. The number of carbonyl (C=O) groups is 1. The monoisotopic (exact) mass is 428 g/mol. The lowest BCUT2D eigenvalue weighted by molar-refractivity contribution is -0.142. The summed E-state index contributed by atoms with van der Waals surface area (Å²) in [5.74, 6) is -0.0713. The van der Waals surface area contributed by atoms with Gasteiger partial charge in [0.2, 0.25) is 0 Å². The number of rotatable bonds is 6. The Morgan fingerprint density at radius 3 is 2.67 bits per heavy atom. The molecule has 0 radical (unpaired) electrons. The minimum atomic E-state index is -3.64. The predicted molar refractivity (Wildman–Crippen MR) is 101 cm³/mol. The fourth-order valence-corrected chi connectivity index (χ4v) is 4.05. The molecule has 1 heterocycles. The van der Waals surface area contributed by atoms with Crippen LogP contribution in [0.1, 0.15) is 5.56 Å². The summed E-state index contributed by atoms with van der Waals surface area (Å²) < 4.78 is 36.6. The van der Waals surface area contributed by atoms with Crippen LogP contribution in [0.15, 0.2) is 52.4 Å². The van der Waals surface area contributed by atoms with Crippen LogP contribution in [0.3, 0.4) is 0 Å². The van der Waals surface area contributed by atoms with Gasteiger partial charge in [0, 0.05) is 10.6 Å². The van der Waals surface area contributed by atoms with Crippen molar-refractivity contribution in [2.45, 2.75) is 4.90 Å². The number of ether oxygens (including phenoxy) is 2. The standard InChI is InChI=1S/C17H14Cl2N2O5S/c18-11-5-6-14(13(19)9-11)25-7-8-26-16(22)10-20-17-12-3-1-2-4-15(12)27(23,24)21-17/h1-6,9H,7-8,10H2,(H,20,21). The molecular formula is C17H14Cl2N2O5S. The third-order valence-corrected chi connectivity index (χ3v) is 5.45. The number of fused-ring (bicyclic) bond motifs is 1. The maximum absolute atomic E-state index is 12.0. The van der Waals surface area contributed by atoms with Gasteiger partial charge in [0.15, 0.2) is 0 Å². The number of halogens is 2. The summed E-state index contributed by atoms with van der Waals surface area (Å²) in [4.78, 5) is 15.9. The highest BCUT2D eigenvalue weighted by Crippen LogP contribution is 2.27. The van der Waals surface area contributed by atoms with Gasteiger partial charge in [-0.25, -0.2) is 8.42 Å². The zero-order valence-corrected chi connectivity index (χ0v) is 16.1. The number of carbonyl (C=O) groups excluding carboxylic acids is 1. The fourth-order valence-electron chi connectivity index (χ4n) is 2.34. The van der Waals surface area contributed by atoms with Crippen molar-refractivity contribution in [3.63, 3.8) is 0 Å². The first kappa shape index (κ1) is 19.5. The Kier molecular flexibility index (Phi) is 5.88. The van der Waals surface area contributed by atoms with E-state index in [1.807, 2.05) is 0 Å². The molecule has 0 unspecified atom stereocenters. The molecule has 2 aromatic rings. The first-order chi connectivity index (χ1) is 12.9. The molecule has 3 rings (SSSR count). The van der Waals surface area contributed by atoms with Gasteiger partial charge in [0.25, 0.3) is 10.0 Å². The average molecular weight is 429 g/mol. The van der Waals surface area contributed by atoms with E-state index in [4.69, 9.17) is 32.7 Å². The van der Waals surface area contributed by atoms with Gasteiger partial charge in [-0.15, -0.1) is 0 Å². The predicted octanol–water partition coefficient (Wildman–Crippen LogP) is 2.65. The van der Waals surface area contributed by atoms with E-state index in [1.54, 1.807) is 36.4 Å². The quantitative estimate of drug-likeness (QED) is 0.563. The smallest absolute Gasteiger partial charge is 0.327 e. The van der Waals surface area contributed by atoms with Crippen LogP contribution in [0.25, 0.3) is 0 Å². The van der Waals surface area contributed by atoms with Gasteiger partial charge >= 0.3 is 5.97 Å².